The van der Waals surface area contributed by atoms with Gasteiger partial charge >= 0.3 is 0 Å². The number of quaternary nitrogens is 1. The lowest BCUT2D eigenvalue weighted by molar-refractivity contribution is -0.955. The van der Waals surface area contributed by atoms with E-state index in [0.29, 0.717) is 17.4 Å². The minimum atomic E-state index is 0.0392. The third-order valence-corrected chi connectivity index (χ3v) is 6.67. The van der Waals surface area contributed by atoms with Gasteiger partial charge in [-0.25, -0.2) is 0 Å². The molecule has 20 heavy (non-hydrogen) atoms. The summed E-state index contributed by atoms with van der Waals surface area (Å²) in [6, 6.07) is 0.717. The summed E-state index contributed by atoms with van der Waals surface area (Å²) in [5, 5.41) is 0. The van der Waals surface area contributed by atoms with Crippen molar-refractivity contribution in [2.75, 3.05) is 20.8 Å². The number of hydrogen-bond donors (Lipinski definition) is 0. The Morgan fingerprint density at radius 1 is 1.20 bits per heavy atom. The Morgan fingerprint density at radius 3 is 2.60 bits per heavy atom. The van der Waals surface area contributed by atoms with Crippen LogP contribution in [0.2, 0.25) is 0 Å². The monoisotopic (exact) mass is 278 g/mol. The van der Waals surface area contributed by atoms with E-state index in [4.69, 9.17) is 4.74 Å². The molecular weight excluding hydrogens is 246 g/mol. The highest BCUT2D eigenvalue weighted by atomic mass is 16.5. The SMILES string of the molecule is CC1=CCC[C@]2(C)CC[C@@H]3[C@H]([C@H]12)[N+](C)(C)COC3(C)C. The van der Waals surface area contributed by atoms with Crippen molar-refractivity contribution in [2.45, 2.75) is 65.0 Å². The maximum absolute atomic E-state index is 6.25. The number of hydrogen-bond acceptors (Lipinski definition) is 1. The predicted molar refractivity (Wildman–Crippen MR) is 83.2 cm³/mol. The molecule has 1 saturated carbocycles. The Kier molecular flexibility index (Phi) is 3.16. The molecule has 2 heteroatoms. The molecule has 3 rings (SSSR count). The number of rotatable bonds is 0. The third-order valence-electron chi connectivity index (χ3n) is 6.67. The average Bonchev–Trinajstić information content (AvgIpc) is 2.34. The molecule has 0 unspecified atom stereocenters. The van der Waals surface area contributed by atoms with Crippen LogP contribution in [-0.4, -0.2) is 37.0 Å². The first kappa shape index (κ1) is 14.6. The van der Waals surface area contributed by atoms with Crippen molar-refractivity contribution in [1.82, 2.24) is 0 Å². The van der Waals surface area contributed by atoms with Crippen LogP contribution in [0.25, 0.3) is 0 Å². The van der Waals surface area contributed by atoms with Crippen LogP contribution in [-0.2, 0) is 4.74 Å². The number of allylic oxidation sites excluding steroid dienone is 1. The normalized spacial score (nSPS) is 46.1. The van der Waals surface area contributed by atoms with E-state index in [1.165, 1.54) is 25.7 Å². The molecule has 0 radical (unpaired) electrons. The Labute approximate surface area is 124 Å². The molecule has 0 aromatic heterocycles. The summed E-state index contributed by atoms with van der Waals surface area (Å²) >= 11 is 0. The third kappa shape index (κ3) is 1.99. The molecule has 0 amide bonds. The summed E-state index contributed by atoms with van der Waals surface area (Å²) in [5.41, 5.74) is 2.21. The van der Waals surface area contributed by atoms with E-state index in [0.717, 1.165) is 17.1 Å². The van der Waals surface area contributed by atoms with Crippen LogP contribution in [0.5, 0.6) is 0 Å². The van der Waals surface area contributed by atoms with Crippen LogP contribution in [0.4, 0.5) is 0 Å². The Bertz CT molecular complexity index is 437. The summed E-state index contributed by atoms with van der Waals surface area (Å²) in [5.74, 6) is 1.43. The van der Waals surface area contributed by atoms with E-state index in [1.54, 1.807) is 5.57 Å². The minimum absolute atomic E-state index is 0.0392. The number of nitrogens with zero attached hydrogens (tertiary/aromatic N) is 1. The van der Waals surface area contributed by atoms with Gasteiger partial charge in [-0.05, 0) is 51.9 Å². The molecule has 3 aliphatic rings. The number of ether oxygens (including phenoxy) is 1. The highest BCUT2D eigenvalue weighted by Gasteiger charge is 2.60. The smallest absolute Gasteiger partial charge is 0.183 e. The zero-order valence-corrected chi connectivity index (χ0v) is 14.2. The molecule has 1 saturated heterocycles. The van der Waals surface area contributed by atoms with Gasteiger partial charge in [0.15, 0.2) is 6.73 Å². The van der Waals surface area contributed by atoms with Crippen LogP contribution >= 0.6 is 0 Å². The summed E-state index contributed by atoms with van der Waals surface area (Å²) in [4.78, 5) is 0. The van der Waals surface area contributed by atoms with Crippen molar-refractivity contribution in [3.8, 4) is 0 Å². The van der Waals surface area contributed by atoms with Crippen molar-refractivity contribution in [1.29, 1.82) is 0 Å². The maximum Gasteiger partial charge on any atom is 0.183 e. The van der Waals surface area contributed by atoms with Gasteiger partial charge in [0.05, 0.1) is 19.7 Å². The maximum atomic E-state index is 6.25. The lowest BCUT2D eigenvalue weighted by Gasteiger charge is -2.61. The first-order chi connectivity index (χ1) is 9.17. The largest absolute Gasteiger partial charge is 0.325 e. The Balaban J connectivity index is 2.07. The predicted octanol–water partition coefficient (Wildman–Crippen LogP) is 3.97. The van der Waals surface area contributed by atoms with Crippen LogP contribution in [0, 0.1) is 17.3 Å². The van der Waals surface area contributed by atoms with E-state index in [1.807, 2.05) is 0 Å². The molecule has 4 atom stereocenters. The van der Waals surface area contributed by atoms with Gasteiger partial charge in [-0.1, -0.05) is 18.6 Å². The highest BCUT2D eigenvalue weighted by molar-refractivity contribution is 5.19. The lowest BCUT2D eigenvalue weighted by atomic mass is 9.53. The average molecular weight is 278 g/mol. The standard InChI is InChI=1S/C18H32NO/c1-13-8-7-10-18(4)11-9-14-16(15(13)18)19(5,6)12-20-17(14,2)3/h8,14-16H,7,9-12H2,1-6H3/q+1/t14-,15+,16-,18-/m1/s1. The molecule has 0 aromatic carbocycles. The van der Waals surface area contributed by atoms with Gasteiger partial charge in [0.2, 0.25) is 0 Å². The van der Waals surface area contributed by atoms with E-state index >= 15 is 0 Å². The van der Waals surface area contributed by atoms with Gasteiger partial charge in [0, 0.05) is 11.8 Å². The van der Waals surface area contributed by atoms with Gasteiger partial charge in [0.1, 0.15) is 6.04 Å². The molecular formula is C18H32NO+. The van der Waals surface area contributed by atoms with Crippen LogP contribution in [0.3, 0.4) is 0 Å². The summed E-state index contributed by atoms with van der Waals surface area (Å²) in [6.07, 6.45) is 7.87. The van der Waals surface area contributed by atoms with E-state index in [-0.39, 0.29) is 5.60 Å². The molecule has 1 aliphatic heterocycles. The second-order valence-electron chi connectivity index (χ2n) is 8.91. The van der Waals surface area contributed by atoms with Gasteiger partial charge in [-0.15, -0.1) is 0 Å². The zero-order chi connectivity index (χ0) is 14.8. The minimum Gasteiger partial charge on any atom is -0.325 e. The summed E-state index contributed by atoms with van der Waals surface area (Å²) < 4.78 is 7.28. The Morgan fingerprint density at radius 2 is 1.90 bits per heavy atom. The second kappa shape index (κ2) is 4.33. The van der Waals surface area contributed by atoms with Crippen LogP contribution in [0.15, 0.2) is 11.6 Å². The van der Waals surface area contributed by atoms with Crippen molar-refractivity contribution in [3.05, 3.63) is 11.6 Å². The fourth-order valence-corrected chi connectivity index (χ4v) is 5.49. The van der Waals surface area contributed by atoms with Crippen molar-refractivity contribution >= 4 is 0 Å². The van der Waals surface area contributed by atoms with Crippen molar-refractivity contribution in [3.63, 3.8) is 0 Å². The van der Waals surface area contributed by atoms with Crippen LogP contribution in [0.1, 0.15) is 53.4 Å². The molecule has 0 aromatic rings. The zero-order valence-electron chi connectivity index (χ0n) is 14.2. The summed E-state index contributed by atoms with van der Waals surface area (Å²) in [6.45, 7) is 10.4. The molecule has 114 valence electrons. The van der Waals surface area contributed by atoms with Crippen molar-refractivity contribution < 1.29 is 9.22 Å². The fraction of sp³-hybridized carbons (Fsp3) is 0.889. The molecule has 0 spiro atoms. The topological polar surface area (TPSA) is 9.23 Å². The van der Waals surface area contributed by atoms with Gasteiger partial charge in [-0.3, -0.25) is 0 Å². The van der Waals surface area contributed by atoms with Gasteiger partial charge in [0.25, 0.3) is 0 Å². The molecule has 0 bridgehead atoms. The second-order valence-corrected chi connectivity index (χ2v) is 8.91. The molecule has 2 aliphatic carbocycles. The Hall–Kier alpha value is -0.340. The highest BCUT2D eigenvalue weighted by Crippen LogP contribution is 2.57. The molecule has 1 heterocycles. The first-order valence-corrected chi connectivity index (χ1v) is 8.31. The van der Waals surface area contributed by atoms with E-state index in [9.17, 15) is 0 Å². The molecule has 2 nitrogen and oxygen atoms in total. The van der Waals surface area contributed by atoms with Crippen molar-refractivity contribution in [2.24, 2.45) is 17.3 Å². The van der Waals surface area contributed by atoms with Crippen LogP contribution < -0.4 is 0 Å². The summed E-state index contributed by atoms with van der Waals surface area (Å²) in [7, 11) is 4.75. The van der Waals surface area contributed by atoms with E-state index in [2.05, 4.69) is 47.9 Å². The first-order valence-electron chi connectivity index (χ1n) is 8.31. The molecule has 2 fully saturated rings. The van der Waals surface area contributed by atoms with E-state index < -0.39 is 0 Å². The lowest BCUT2D eigenvalue weighted by Crippen LogP contribution is -2.70. The van der Waals surface area contributed by atoms with Gasteiger partial charge < -0.3 is 9.22 Å². The quantitative estimate of drug-likeness (QED) is 0.481. The fourth-order valence-electron chi connectivity index (χ4n) is 5.49. The van der Waals surface area contributed by atoms with Gasteiger partial charge in [-0.2, -0.15) is 0 Å². The molecule has 0 N–H and O–H groups in total. The number of fused-ring (bicyclic) bond motifs is 3.